The molecule has 0 saturated heterocycles. The second-order valence-electron chi connectivity index (χ2n) is 7.41. The molecule has 4 rings (SSSR count). The largest absolute Gasteiger partial charge is 0.494 e. The second kappa shape index (κ2) is 9.51. The van der Waals surface area contributed by atoms with Crippen LogP contribution in [-0.4, -0.2) is 31.1 Å². The van der Waals surface area contributed by atoms with Gasteiger partial charge in [-0.05, 0) is 67.9 Å². The summed E-state index contributed by atoms with van der Waals surface area (Å²) in [6.45, 7) is 2.62. The van der Waals surface area contributed by atoms with E-state index < -0.39 is 11.9 Å². The molecular weight excluding hydrogens is 411 g/mol. The Morgan fingerprint density at radius 3 is 2.59 bits per heavy atom. The third kappa shape index (κ3) is 4.88. The number of para-hydroxylation sites is 1. The van der Waals surface area contributed by atoms with Gasteiger partial charge in [0.1, 0.15) is 17.3 Å². The molecule has 32 heavy (non-hydrogen) atoms. The summed E-state index contributed by atoms with van der Waals surface area (Å²) in [7, 11) is 0. The number of hydrogen-bond donors (Lipinski definition) is 1. The molecule has 0 bridgehead atoms. The molecule has 6 nitrogen and oxygen atoms in total. The number of amides is 2. The number of nitrogens with one attached hydrogen (secondary N) is 1. The van der Waals surface area contributed by atoms with E-state index in [1.807, 2.05) is 30.3 Å². The van der Waals surface area contributed by atoms with Gasteiger partial charge in [0, 0.05) is 17.8 Å². The zero-order valence-electron chi connectivity index (χ0n) is 17.6. The second-order valence-corrected chi connectivity index (χ2v) is 7.41. The summed E-state index contributed by atoms with van der Waals surface area (Å²) in [6.07, 6.45) is 0.0242. The number of nitrogens with zero attached hydrogens (tertiary/aromatic N) is 1. The lowest BCUT2D eigenvalue weighted by molar-refractivity contribution is -0.125. The van der Waals surface area contributed by atoms with Gasteiger partial charge in [0.15, 0.2) is 6.10 Å². The summed E-state index contributed by atoms with van der Waals surface area (Å²) in [5, 5.41) is 2.78. The van der Waals surface area contributed by atoms with Crippen LogP contribution in [-0.2, 0) is 4.79 Å². The Bertz CT molecular complexity index is 1100. The van der Waals surface area contributed by atoms with Gasteiger partial charge in [-0.25, -0.2) is 4.39 Å². The molecule has 0 aliphatic carbocycles. The molecule has 0 saturated carbocycles. The third-order valence-corrected chi connectivity index (χ3v) is 5.07. The average molecular weight is 434 g/mol. The molecule has 164 valence electrons. The highest BCUT2D eigenvalue weighted by molar-refractivity contribution is 6.05. The van der Waals surface area contributed by atoms with E-state index in [0.29, 0.717) is 42.3 Å². The Balaban J connectivity index is 1.46. The molecule has 1 aliphatic heterocycles. The minimum absolute atomic E-state index is 0.153. The molecule has 1 N–H and O–H groups in total. The first-order valence-corrected chi connectivity index (χ1v) is 10.4. The highest BCUT2D eigenvalue weighted by Gasteiger charge is 2.31. The van der Waals surface area contributed by atoms with Crippen LogP contribution in [0.3, 0.4) is 0 Å². The molecule has 1 aliphatic rings. The van der Waals surface area contributed by atoms with Crippen molar-refractivity contribution in [3.05, 3.63) is 84.2 Å². The van der Waals surface area contributed by atoms with Crippen LogP contribution >= 0.6 is 0 Å². The van der Waals surface area contributed by atoms with Gasteiger partial charge in [-0.1, -0.05) is 18.2 Å². The fourth-order valence-electron chi connectivity index (χ4n) is 3.45. The minimum atomic E-state index is -0.600. The molecule has 1 heterocycles. The molecule has 3 aromatic rings. The van der Waals surface area contributed by atoms with E-state index in [-0.39, 0.29) is 11.8 Å². The zero-order chi connectivity index (χ0) is 22.5. The Kier molecular flexibility index (Phi) is 6.35. The summed E-state index contributed by atoms with van der Waals surface area (Å²) >= 11 is 0. The summed E-state index contributed by atoms with van der Waals surface area (Å²) in [5.41, 5.74) is 1.43. The van der Waals surface area contributed by atoms with Gasteiger partial charge < -0.3 is 19.7 Å². The maximum Gasteiger partial charge on any atom is 0.267 e. The molecule has 2 amide bonds. The molecule has 0 aromatic heterocycles. The van der Waals surface area contributed by atoms with Crippen molar-refractivity contribution in [2.75, 3.05) is 23.4 Å². The summed E-state index contributed by atoms with van der Waals surface area (Å²) in [4.78, 5) is 26.9. The van der Waals surface area contributed by atoms with E-state index in [2.05, 4.69) is 5.32 Å². The fourth-order valence-corrected chi connectivity index (χ4v) is 3.45. The van der Waals surface area contributed by atoms with Crippen LogP contribution in [0, 0.1) is 5.82 Å². The van der Waals surface area contributed by atoms with Crippen molar-refractivity contribution in [2.24, 2.45) is 0 Å². The number of anilines is 2. The van der Waals surface area contributed by atoms with E-state index in [9.17, 15) is 14.0 Å². The normalized spacial score (nSPS) is 15.0. The standard InChI is InChI=1S/C25H23FN2O4/c1-17-25(30)28(14-5-15-31-21-6-3-2-4-7-21)22-16-20(12-13-23(22)32-17)27-24(29)18-8-10-19(26)11-9-18/h2-4,6-13,16-17H,5,14-15H2,1H3,(H,27,29). The maximum absolute atomic E-state index is 13.1. The van der Waals surface area contributed by atoms with Gasteiger partial charge >= 0.3 is 0 Å². The number of halogens is 1. The minimum Gasteiger partial charge on any atom is -0.494 e. The van der Waals surface area contributed by atoms with E-state index in [4.69, 9.17) is 9.47 Å². The van der Waals surface area contributed by atoms with Crippen LogP contribution < -0.4 is 19.7 Å². The quantitative estimate of drug-likeness (QED) is 0.549. The van der Waals surface area contributed by atoms with Crippen molar-refractivity contribution < 1.29 is 23.5 Å². The van der Waals surface area contributed by atoms with Crippen molar-refractivity contribution in [1.29, 1.82) is 0 Å². The van der Waals surface area contributed by atoms with Gasteiger partial charge in [-0.15, -0.1) is 0 Å². The average Bonchev–Trinajstić information content (AvgIpc) is 2.80. The van der Waals surface area contributed by atoms with Gasteiger partial charge in [0.25, 0.3) is 11.8 Å². The topological polar surface area (TPSA) is 67.9 Å². The highest BCUT2D eigenvalue weighted by atomic mass is 19.1. The van der Waals surface area contributed by atoms with E-state index >= 15 is 0 Å². The van der Waals surface area contributed by atoms with E-state index in [0.717, 1.165) is 5.75 Å². The van der Waals surface area contributed by atoms with E-state index in [1.165, 1.54) is 24.3 Å². The fraction of sp³-hybridized carbons (Fsp3) is 0.200. The number of rotatable bonds is 7. The number of carbonyl (C=O) groups is 2. The number of hydrogen-bond acceptors (Lipinski definition) is 4. The Labute approximate surface area is 185 Å². The first kappa shape index (κ1) is 21.4. The van der Waals surface area contributed by atoms with Crippen LogP contribution in [0.25, 0.3) is 0 Å². The lowest BCUT2D eigenvalue weighted by atomic mass is 10.1. The molecular formula is C25H23FN2O4. The Morgan fingerprint density at radius 1 is 1.09 bits per heavy atom. The van der Waals surface area contributed by atoms with Crippen LogP contribution in [0.5, 0.6) is 11.5 Å². The van der Waals surface area contributed by atoms with Crippen LogP contribution in [0.1, 0.15) is 23.7 Å². The Hall–Kier alpha value is -3.87. The predicted molar refractivity (Wildman–Crippen MR) is 120 cm³/mol. The molecule has 0 fully saturated rings. The lowest BCUT2D eigenvalue weighted by Gasteiger charge is -2.33. The molecule has 1 unspecified atom stereocenters. The molecule has 0 radical (unpaired) electrons. The van der Waals surface area contributed by atoms with Crippen LogP contribution in [0.15, 0.2) is 72.8 Å². The predicted octanol–water partition coefficient (Wildman–Crippen LogP) is 4.66. The molecule has 7 heteroatoms. The maximum atomic E-state index is 13.1. The summed E-state index contributed by atoms with van der Waals surface area (Å²) in [6, 6.07) is 19.9. The van der Waals surface area contributed by atoms with Crippen molar-refractivity contribution in [2.45, 2.75) is 19.4 Å². The smallest absolute Gasteiger partial charge is 0.267 e. The monoisotopic (exact) mass is 434 g/mol. The third-order valence-electron chi connectivity index (χ3n) is 5.07. The highest BCUT2D eigenvalue weighted by Crippen LogP contribution is 2.36. The van der Waals surface area contributed by atoms with Crippen molar-refractivity contribution >= 4 is 23.2 Å². The van der Waals surface area contributed by atoms with Crippen LogP contribution in [0.4, 0.5) is 15.8 Å². The Morgan fingerprint density at radius 2 is 1.84 bits per heavy atom. The van der Waals surface area contributed by atoms with E-state index in [1.54, 1.807) is 30.0 Å². The molecule has 1 atom stereocenters. The number of benzene rings is 3. The van der Waals surface area contributed by atoms with Gasteiger partial charge in [0.05, 0.1) is 12.3 Å². The van der Waals surface area contributed by atoms with Gasteiger partial charge in [0.2, 0.25) is 0 Å². The summed E-state index contributed by atoms with van der Waals surface area (Å²) in [5.74, 6) is 0.414. The first-order chi connectivity index (χ1) is 15.5. The van der Waals surface area contributed by atoms with Crippen molar-refractivity contribution in [3.63, 3.8) is 0 Å². The van der Waals surface area contributed by atoms with Crippen molar-refractivity contribution in [1.82, 2.24) is 0 Å². The zero-order valence-corrected chi connectivity index (χ0v) is 17.6. The lowest BCUT2D eigenvalue weighted by Crippen LogP contribution is -2.45. The number of fused-ring (bicyclic) bond motifs is 1. The molecule has 0 spiro atoms. The summed E-state index contributed by atoms with van der Waals surface area (Å²) < 4.78 is 24.6. The number of carbonyl (C=O) groups excluding carboxylic acids is 2. The SMILES string of the molecule is CC1Oc2ccc(NC(=O)c3ccc(F)cc3)cc2N(CCCOc2ccccc2)C1=O. The van der Waals surface area contributed by atoms with Gasteiger partial charge in [-0.2, -0.15) is 0 Å². The first-order valence-electron chi connectivity index (χ1n) is 10.4. The van der Waals surface area contributed by atoms with Crippen molar-refractivity contribution in [3.8, 4) is 11.5 Å². The van der Waals surface area contributed by atoms with Crippen LogP contribution in [0.2, 0.25) is 0 Å². The molecule has 3 aromatic carbocycles. The number of ether oxygens (including phenoxy) is 2. The van der Waals surface area contributed by atoms with Gasteiger partial charge in [-0.3, -0.25) is 9.59 Å².